The lowest BCUT2D eigenvalue weighted by atomic mass is 10.00. The maximum atomic E-state index is 14.4. The van der Waals surface area contributed by atoms with Crippen molar-refractivity contribution in [2.75, 3.05) is 0 Å². The van der Waals surface area contributed by atoms with E-state index in [1.54, 1.807) is 6.07 Å². The molecule has 0 unspecified atom stereocenters. The van der Waals surface area contributed by atoms with Gasteiger partial charge >= 0.3 is 0 Å². The zero-order valence-corrected chi connectivity index (χ0v) is 16.1. The minimum absolute atomic E-state index is 0.348. The fourth-order valence-corrected chi connectivity index (χ4v) is 2.98. The van der Waals surface area contributed by atoms with Gasteiger partial charge in [-0.25, -0.2) is 4.39 Å². The lowest BCUT2D eigenvalue weighted by Crippen LogP contribution is -1.90. The molecule has 27 heavy (non-hydrogen) atoms. The van der Waals surface area contributed by atoms with Crippen LogP contribution < -0.4 is 0 Å². The zero-order chi connectivity index (χ0) is 19.4. The molecule has 0 aliphatic carbocycles. The molecule has 0 nitrogen and oxygen atoms in total. The Balaban J connectivity index is 1.86. The molecule has 0 aromatic heterocycles. The average Bonchev–Trinajstić information content (AvgIpc) is 2.61. The molecule has 0 heterocycles. The minimum Gasteiger partial charge on any atom is -0.206 e. The van der Waals surface area contributed by atoms with Gasteiger partial charge < -0.3 is 0 Å². The normalized spacial score (nSPS) is 9.81. The first kappa shape index (κ1) is 18.5. The van der Waals surface area contributed by atoms with Gasteiger partial charge in [0.25, 0.3) is 0 Å². The first-order chi connectivity index (χ1) is 12.9. The molecule has 1 heteroatoms. The van der Waals surface area contributed by atoms with Gasteiger partial charge in [-0.15, -0.1) is 0 Å². The highest BCUT2D eigenvalue weighted by molar-refractivity contribution is 5.52. The Morgan fingerprint density at radius 3 is 1.81 bits per heavy atom. The fraction of sp³-hybridized carbons (Fsp3) is 0.154. The van der Waals surface area contributed by atoms with E-state index in [-0.39, 0.29) is 5.82 Å². The van der Waals surface area contributed by atoms with Crippen molar-refractivity contribution in [2.45, 2.75) is 27.7 Å². The number of aryl methyl sites for hydroxylation is 4. The molecule has 3 rings (SSSR count). The average molecular weight is 352 g/mol. The minimum atomic E-state index is -0.348. The van der Waals surface area contributed by atoms with E-state index in [2.05, 4.69) is 42.7 Å². The molecule has 3 aromatic rings. The first-order valence-corrected chi connectivity index (χ1v) is 8.90. The monoisotopic (exact) mass is 352 g/mol. The van der Waals surface area contributed by atoms with Gasteiger partial charge in [-0.2, -0.15) is 0 Å². The van der Waals surface area contributed by atoms with E-state index < -0.39 is 0 Å². The Kier molecular flexibility index (Phi) is 5.44. The predicted molar refractivity (Wildman–Crippen MR) is 110 cm³/mol. The van der Waals surface area contributed by atoms with Gasteiger partial charge in [0.05, 0.1) is 5.56 Å². The molecule has 0 radical (unpaired) electrons. The molecular formula is C26H21F. The summed E-state index contributed by atoms with van der Waals surface area (Å²) in [5.74, 6) is 11.8. The molecule has 0 aliphatic rings. The van der Waals surface area contributed by atoms with E-state index in [0.29, 0.717) is 11.1 Å². The summed E-state index contributed by atoms with van der Waals surface area (Å²) in [4.78, 5) is 0. The first-order valence-electron chi connectivity index (χ1n) is 8.90. The Bertz CT molecular complexity index is 1090. The number of hydrogen-bond donors (Lipinski definition) is 0. The summed E-state index contributed by atoms with van der Waals surface area (Å²) in [7, 11) is 0. The van der Waals surface area contributed by atoms with E-state index in [1.807, 2.05) is 51.1 Å². The molecule has 0 bridgehead atoms. The quantitative estimate of drug-likeness (QED) is 0.445. The van der Waals surface area contributed by atoms with E-state index in [1.165, 1.54) is 17.2 Å². The maximum absolute atomic E-state index is 14.4. The summed E-state index contributed by atoms with van der Waals surface area (Å²) in [6, 6.07) is 17.0. The van der Waals surface area contributed by atoms with Crippen molar-refractivity contribution in [3.8, 4) is 23.7 Å². The molecule has 0 saturated heterocycles. The maximum Gasteiger partial charge on any atom is 0.140 e. The topological polar surface area (TPSA) is 0 Å². The van der Waals surface area contributed by atoms with Crippen molar-refractivity contribution >= 4 is 0 Å². The summed E-state index contributed by atoms with van der Waals surface area (Å²) in [6.07, 6.45) is 0. The molecule has 0 aliphatic heterocycles. The van der Waals surface area contributed by atoms with Crippen LogP contribution in [0.4, 0.5) is 4.39 Å². The van der Waals surface area contributed by atoms with E-state index in [9.17, 15) is 4.39 Å². The third-order valence-corrected chi connectivity index (χ3v) is 4.37. The summed E-state index contributed by atoms with van der Waals surface area (Å²) in [6.45, 7) is 8.20. The van der Waals surface area contributed by atoms with Crippen molar-refractivity contribution in [3.63, 3.8) is 0 Å². The zero-order valence-electron chi connectivity index (χ0n) is 16.1. The third kappa shape index (κ3) is 4.66. The van der Waals surface area contributed by atoms with Gasteiger partial charge in [-0.1, -0.05) is 59.1 Å². The lowest BCUT2D eigenvalue weighted by Gasteiger charge is -2.04. The second-order valence-electron chi connectivity index (χ2n) is 6.83. The van der Waals surface area contributed by atoms with Gasteiger partial charge in [-0.3, -0.25) is 0 Å². The molecule has 0 spiro atoms. The van der Waals surface area contributed by atoms with E-state index in [4.69, 9.17) is 0 Å². The number of rotatable bonds is 0. The smallest absolute Gasteiger partial charge is 0.140 e. The summed E-state index contributed by atoms with van der Waals surface area (Å²) in [5, 5.41) is 0. The SMILES string of the molecule is Cc1ccc(C#Cc2ccc(C#Cc3c(C)cc(C)cc3C)cc2F)cc1. The van der Waals surface area contributed by atoms with Crippen molar-refractivity contribution in [3.05, 3.63) is 105 Å². The van der Waals surface area contributed by atoms with Crippen LogP contribution in [0.1, 0.15) is 44.5 Å². The molecule has 0 fully saturated rings. The molecule has 132 valence electrons. The molecule has 3 aromatic carbocycles. The second-order valence-corrected chi connectivity index (χ2v) is 6.83. The lowest BCUT2D eigenvalue weighted by molar-refractivity contribution is 0.624. The Morgan fingerprint density at radius 2 is 1.19 bits per heavy atom. The number of benzene rings is 3. The van der Waals surface area contributed by atoms with Gasteiger partial charge in [0, 0.05) is 16.7 Å². The van der Waals surface area contributed by atoms with Crippen molar-refractivity contribution in [2.24, 2.45) is 0 Å². The van der Waals surface area contributed by atoms with Crippen LogP contribution in [0.15, 0.2) is 54.6 Å². The summed E-state index contributed by atoms with van der Waals surface area (Å²) in [5.41, 5.74) is 7.57. The molecule has 0 atom stereocenters. The highest BCUT2D eigenvalue weighted by Gasteiger charge is 2.02. The van der Waals surface area contributed by atoms with Gasteiger partial charge in [0.15, 0.2) is 0 Å². The van der Waals surface area contributed by atoms with Crippen molar-refractivity contribution in [1.29, 1.82) is 0 Å². The highest BCUT2D eigenvalue weighted by Crippen LogP contribution is 2.16. The van der Waals surface area contributed by atoms with Crippen molar-refractivity contribution in [1.82, 2.24) is 0 Å². The molecule has 0 saturated carbocycles. The molecule has 0 amide bonds. The predicted octanol–water partition coefficient (Wildman–Crippen LogP) is 5.86. The van der Waals surface area contributed by atoms with Gasteiger partial charge in [0.1, 0.15) is 5.82 Å². The summed E-state index contributed by atoms with van der Waals surface area (Å²) < 4.78 is 14.4. The third-order valence-electron chi connectivity index (χ3n) is 4.37. The van der Waals surface area contributed by atoms with Gasteiger partial charge in [0.2, 0.25) is 0 Å². The van der Waals surface area contributed by atoms with E-state index >= 15 is 0 Å². The summed E-state index contributed by atoms with van der Waals surface area (Å²) >= 11 is 0. The van der Waals surface area contributed by atoms with Crippen LogP contribution in [0.5, 0.6) is 0 Å². The molecule has 0 N–H and O–H groups in total. The van der Waals surface area contributed by atoms with Crippen LogP contribution in [0.3, 0.4) is 0 Å². The Labute approximate surface area is 161 Å². The van der Waals surface area contributed by atoms with Crippen LogP contribution in [0, 0.1) is 57.2 Å². The highest BCUT2D eigenvalue weighted by atomic mass is 19.1. The van der Waals surface area contributed by atoms with Crippen LogP contribution in [-0.4, -0.2) is 0 Å². The van der Waals surface area contributed by atoms with Crippen LogP contribution in [0.2, 0.25) is 0 Å². The Morgan fingerprint density at radius 1 is 0.593 bits per heavy atom. The standard InChI is InChI=1S/C26H21F/c1-18-5-7-22(8-6-18)9-12-24-13-10-23(17-26(24)27)11-14-25-20(3)15-19(2)16-21(25)4/h5-8,10,13,15-17H,1-4H3. The largest absolute Gasteiger partial charge is 0.206 e. The second kappa shape index (κ2) is 7.94. The Hall–Kier alpha value is -3.29. The van der Waals surface area contributed by atoms with Gasteiger partial charge in [-0.05, 0) is 69.2 Å². The van der Waals surface area contributed by atoms with Crippen LogP contribution in [-0.2, 0) is 0 Å². The van der Waals surface area contributed by atoms with Crippen molar-refractivity contribution < 1.29 is 4.39 Å². The van der Waals surface area contributed by atoms with Crippen LogP contribution >= 0.6 is 0 Å². The van der Waals surface area contributed by atoms with Crippen LogP contribution in [0.25, 0.3) is 0 Å². The molecular weight excluding hydrogens is 331 g/mol. The number of halogens is 1. The van der Waals surface area contributed by atoms with E-state index in [0.717, 1.165) is 22.3 Å². The number of hydrogen-bond acceptors (Lipinski definition) is 0. The fourth-order valence-electron chi connectivity index (χ4n) is 2.98.